The van der Waals surface area contributed by atoms with Gasteiger partial charge in [-0.25, -0.2) is 4.79 Å². The summed E-state index contributed by atoms with van der Waals surface area (Å²) in [5.74, 6) is -1.31. The summed E-state index contributed by atoms with van der Waals surface area (Å²) < 4.78 is 9.78. The zero-order valence-electron chi connectivity index (χ0n) is 23.2. The third-order valence-electron chi connectivity index (χ3n) is 5.94. The molecule has 37 heavy (non-hydrogen) atoms. The average Bonchev–Trinajstić information content (AvgIpc) is 2.88. The Bertz CT molecular complexity index is 634. The summed E-state index contributed by atoms with van der Waals surface area (Å²) >= 11 is 1.34. The van der Waals surface area contributed by atoms with Crippen LogP contribution in [0.4, 0.5) is 0 Å². The highest BCUT2D eigenvalue weighted by Gasteiger charge is 2.26. The molecule has 0 spiro atoms. The van der Waals surface area contributed by atoms with Gasteiger partial charge in [-0.05, 0) is 6.42 Å². The number of carbonyl (C=O) groups excluding carboxylic acids is 4. The lowest BCUT2D eigenvalue weighted by Crippen LogP contribution is -2.53. The Hall–Kier alpha value is -1.81. The number of ether oxygens (including phenoxy) is 2. The summed E-state index contributed by atoms with van der Waals surface area (Å²) in [5.41, 5.74) is 0. The highest BCUT2D eigenvalue weighted by molar-refractivity contribution is 7.99. The molecule has 0 saturated heterocycles. The molecule has 0 radical (unpaired) electrons. The van der Waals surface area contributed by atoms with Crippen molar-refractivity contribution in [3.8, 4) is 0 Å². The maximum absolute atomic E-state index is 12.4. The van der Waals surface area contributed by atoms with Crippen LogP contribution in [0.3, 0.4) is 0 Å². The van der Waals surface area contributed by atoms with Gasteiger partial charge in [-0.3, -0.25) is 14.4 Å². The van der Waals surface area contributed by atoms with E-state index < -0.39 is 36.5 Å². The fourth-order valence-electron chi connectivity index (χ4n) is 3.80. The lowest BCUT2D eigenvalue weighted by Gasteiger charge is -2.20. The number of hydrogen-bond donors (Lipinski definition) is 3. The Kier molecular flexibility index (Phi) is 23.3. The fraction of sp³-hybridized carbons (Fsp3) is 0.852. The van der Waals surface area contributed by atoms with E-state index in [-0.39, 0.29) is 18.3 Å². The SMILES string of the molecule is CCCCCCCCCCCCCCCC(=O)OCCSCC(NC(C)=O)C(=O)NC(CO)C(=O)OC. The van der Waals surface area contributed by atoms with Crippen LogP contribution in [0.1, 0.15) is 104 Å². The van der Waals surface area contributed by atoms with Crippen LogP contribution in [-0.4, -0.2) is 72.8 Å². The van der Waals surface area contributed by atoms with E-state index in [1.807, 2.05) is 0 Å². The number of carbonyl (C=O) groups is 4. The number of unbranched alkanes of at least 4 members (excludes halogenated alkanes) is 12. The number of rotatable bonds is 24. The van der Waals surface area contributed by atoms with Gasteiger partial charge in [-0.1, -0.05) is 84.0 Å². The number of aliphatic hydroxyl groups excluding tert-OH is 1. The molecule has 0 aliphatic rings. The Morgan fingerprint density at radius 1 is 0.811 bits per heavy atom. The quantitative estimate of drug-likeness (QED) is 0.123. The topological polar surface area (TPSA) is 131 Å². The first-order chi connectivity index (χ1) is 17.8. The van der Waals surface area contributed by atoms with E-state index in [1.165, 1.54) is 82.9 Å². The average molecular weight is 547 g/mol. The monoisotopic (exact) mass is 546 g/mol. The molecule has 0 fully saturated rings. The second kappa shape index (κ2) is 24.5. The molecule has 9 nitrogen and oxygen atoms in total. The summed E-state index contributed by atoms with van der Waals surface area (Å²) in [5, 5.41) is 14.1. The van der Waals surface area contributed by atoms with Gasteiger partial charge in [0.2, 0.25) is 11.8 Å². The largest absolute Gasteiger partial charge is 0.467 e. The van der Waals surface area contributed by atoms with Crippen molar-refractivity contribution in [1.29, 1.82) is 0 Å². The first-order valence-electron chi connectivity index (χ1n) is 13.8. The van der Waals surface area contributed by atoms with Gasteiger partial charge in [0.25, 0.3) is 0 Å². The van der Waals surface area contributed by atoms with Crippen LogP contribution < -0.4 is 10.6 Å². The number of esters is 2. The van der Waals surface area contributed by atoms with Gasteiger partial charge in [-0.15, -0.1) is 0 Å². The minimum Gasteiger partial charge on any atom is -0.467 e. The molecule has 2 amide bonds. The van der Waals surface area contributed by atoms with Crippen LogP contribution in [0.5, 0.6) is 0 Å². The molecule has 0 bridgehead atoms. The molecule has 2 unspecified atom stereocenters. The van der Waals surface area contributed by atoms with Crippen molar-refractivity contribution in [2.24, 2.45) is 0 Å². The highest BCUT2D eigenvalue weighted by atomic mass is 32.2. The standard InChI is InChI=1S/C27H50N2O7S/c1-4-5-6-7-8-9-10-11-12-13-14-15-16-17-25(32)36-18-19-37-21-24(28-22(2)31)26(33)29-23(20-30)27(34)35-3/h23-24,30H,4-21H2,1-3H3,(H,28,31)(H,29,33). The summed E-state index contributed by atoms with van der Waals surface area (Å²) in [6, 6.07) is -2.10. The van der Waals surface area contributed by atoms with Crippen molar-refractivity contribution < 1.29 is 33.8 Å². The molecular weight excluding hydrogens is 496 g/mol. The van der Waals surface area contributed by atoms with Gasteiger partial charge in [0, 0.05) is 24.9 Å². The third-order valence-corrected chi connectivity index (χ3v) is 6.96. The van der Waals surface area contributed by atoms with Crippen LogP contribution in [0.25, 0.3) is 0 Å². The number of thioether (sulfide) groups is 1. The van der Waals surface area contributed by atoms with Gasteiger partial charge in [-0.2, -0.15) is 11.8 Å². The van der Waals surface area contributed by atoms with Crippen molar-refractivity contribution in [2.75, 3.05) is 31.8 Å². The minimum atomic E-state index is -1.20. The van der Waals surface area contributed by atoms with E-state index in [1.54, 1.807) is 0 Å². The molecule has 10 heteroatoms. The van der Waals surface area contributed by atoms with Crippen LogP contribution in [0.15, 0.2) is 0 Å². The molecule has 0 saturated carbocycles. The number of methoxy groups -OCH3 is 1. The molecule has 2 atom stereocenters. The molecule has 3 N–H and O–H groups in total. The molecule has 0 aromatic carbocycles. The van der Waals surface area contributed by atoms with Crippen molar-refractivity contribution in [3.05, 3.63) is 0 Å². The molecule has 0 aliphatic heterocycles. The van der Waals surface area contributed by atoms with E-state index in [9.17, 15) is 24.3 Å². The van der Waals surface area contributed by atoms with Crippen molar-refractivity contribution in [1.82, 2.24) is 10.6 Å². The fourth-order valence-corrected chi connectivity index (χ4v) is 4.64. The Balaban J connectivity index is 3.86. The summed E-state index contributed by atoms with van der Waals surface area (Å²) in [6.07, 6.45) is 16.7. The Labute approximate surface area is 227 Å². The molecule has 0 heterocycles. The lowest BCUT2D eigenvalue weighted by atomic mass is 10.0. The van der Waals surface area contributed by atoms with Crippen molar-refractivity contribution >= 4 is 35.5 Å². The number of aliphatic hydroxyl groups is 1. The molecule has 0 rings (SSSR count). The number of hydrogen-bond acceptors (Lipinski definition) is 8. The van der Waals surface area contributed by atoms with Crippen LogP contribution in [-0.2, 0) is 28.7 Å². The summed E-state index contributed by atoms with van der Waals surface area (Å²) in [6.45, 7) is 3.13. The van der Waals surface area contributed by atoms with E-state index in [2.05, 4.69) is 22.3 Å². The van der Waals surface area contributed by atoms with E-state index in [0.717, 1.165) is 26.4 Å². The predicted octanol–water partition coefficient (Wildman–Crippen LogP) is 3.90. The Morgan fingerprint density at radius 2 is 1.35 bits per heavy atom. The number of amides is 2. The van der Waals surface area contributed by atoms with Gasteiger partial charge in [0.05, 0.1) is 13.7 Å². The predicted molar refractivity (Wildman–Crippen MR) is 147 cm³/mol. The molecule has 0 aromatic heterocycles. The second-order valence-electron chi connectivity index (χ2n) is 9.31. The van der Waals surface area contributed by atoms with Crippen LogP contribution >= 0.6 is 11.8 Å². The van der Waals surface area contributed by atoms with Gasteiger partial charge < -0.3 is 25.2 Å². The van der Waals surface area contributed by atoms with Gasteiger partial charge >= 0.3 is 11.9 Å². The molecule has 0 aromatic rings. The van der Waals surface area contributed by atoms with E-state index in [0.29, 0.717) is 12.2 Å². The van der Waals surface area contributed by atoms with Crippen molar-refractivity contribution in [2.45, 2.75) is 116 Å². The minimum absolute atomic E-state index is 0.219. The maximum atomic E-state index is 12.4. The zero-order valence-corrected chi connectivity index (χ0v) is 24.0. The van der Waals surface area contributed by atoms with Gasteiger partial charge in [0.1, 0.15) is 12.6 Å². The molecule has 0 aliphatic carbocycles. The summed E-state index contributed by atoms with van der Waals surface area (Å²) in [4.78, 5) is 47.3. The van der Waals surface area contributed by atoms with E-state index >= 15 is 0 Å². The third kappa shape index (κ3) is 20.9. The van der Waals surface area contributed by atoms with Gasteiger partial charge in [0.15, 0.2) is 6.04 Å². The molecule has 216 valence electrons. The normalized spacial score (nSPS) is 12.4. The van der Waals surface area contributed by atoms with Crippen LogP contribution in [0, 0.1) is 0 Å². The maximum Gasteiger partial charge on any atom is 0.330 e. The number of nitrogens with one attached hydrogen (secondary N) is 2. The lowest BCUT2D eigenvalue weighted by molar-refractivity contribution is -0.146. The second-order valence-corrected chi connectivity index (χ2v) is 10.5. The Morgan fingerprint density at radius 3 is 1.84 bits per heavy atom. The first-order valence-corrected chi connectivity index (χ1v) is 15.0. The highest BCUT2D eigenvalue weighted by Crippen LogP contribution is 2.13. The summed E-state index contributed by atoms with van der Waals surface area (Å²) in [7, 11) is 1.15. The molecular formula is C27H50N2O7S. The van der Waals surface area contributed by atoms with Crippen LogP contribution in [0.2, 0.25) is 0 Å². The zero-order chi connectivity index (χ0) is 27.7. The van der Waals surface area contributed by atoms with E-state index in [4.69, 9.17) is 4.74 Å². The van der Waals surface area contributed by atoms with Crippen molar-refractivity contribution in [3.63, 3.8) is 0 Å². The first kappa shape index (κ1) is 35.2. The smallest absolute Gasteiger partial charge is 0.330 e.